The molecule has 1 aliphatic rings. The number of rotatable bonds is 9. The Morgan fingerprint density at radius 3 is 2.33 bits per heavy atom. The highest BCUT2D eigenvalue weighted by molar-refractivity contribution is 4.94. The lowest BCUT2D eigenvalue weighted by atomic mass is 9.99. The highest BCUT2D eigenvalue weighted by atomic mass is 14.9. The third-order valence-electron chi connectivity index (χ3n) is 3.90. The molecular weight excluding hydrogens is 182 g/mol. The molecule has 0 spiro atoms. The van der Waals surface area contributed by atoms with Crippen molar-refractivity contribution in [2.75, 3.05) is 6.54 Å². The molecule has 0 aromatic carbocycles. The molecule has 1 N–H and O–H groups in total. The topological polar surface area (TPSA) is 12.0 Å². The van der Waals surface area contributed by atoms with Gasteiger partial charge in [-0.3, -0.25) is 0 Å². The van der Waals surface area contributed by atoms with Crippen molar-refractivity contribution >= 4 is 0 Å². The maximum Gasteiger partial charge on any atom is 0.00646 e. The van der Waals surface area contributed by atoms with Crippen LogP contribution in [0.25, 0.3) is 0 Å². The van der Waals surface area contributed by atoms with Crippen LogP contribution in [0.5, 0.6) is 0 Å². The summed E-state index contributed by atoms with van der Waals surface area (Å²) in [6, 6.07) is 0.777. The molecule has 1 rings (SSSR count). The van der Waals surface area contributed by atoms with Gasteiger partial charge in [0, 0.05) is 12.6 Å². The second kappa shape index (κ2) is 6.52. The van der Waals surface area contributed by atoms with Crippen LogP contribution in [0.4, 0.5) is 0 Å². The normalized spacial score (nSPS) is 20.2. The zero-order valence-corrected chi connectivity index (χ0v) is 10.9. The molecule has 0 saturated heterocycles. The second-order valence-corrected chi connectivity index (χ2v) is 5.38. The number of hydrogen-bond donors (Lipinski definition) is 1. The Balaban J connectivity index is 2.16. The van der Waals surface area contributed by atoms with E-state index in [9.17, 15) is 0 Å². The Bertz CT molecular complexity index is 161. The van der Waals surface area contributed by atoms with Crippen molar-refractivity contribution in [3.05, 3.63) is 0 Å². The largest absolute Gasteiger partial charge is 0.313 e. The minimum atomic E-state index is 0.717. The first-order valence-corrected chi connectivity index (χ1v) is 6.99. The molecule has 1 atom stereocenters. The van der Waals surface area contributed by atoms with Gasteiger partial charge in [-0.1, -0.05) is 40.0 Å². The van der Waals surface area contributed by atoms with E-state index in [0.29, 0.717) is 5.41 Å². The molecule has 0 aromatic rings. The summed E-state index contributed by atoms with van der Waals surface area (Å²) in [4.78, 5) is 0. The highest BCUT2D eigenvalue weighted by Crippen LogP contribution is 2.49. The average Bonchev–Trinajstić information content (AvgIpc) is 2.99. The zero-order valence-electron chi connectivity index (χ0n) is 10.9. The molecule has 0 amide bonds. The van der Waals surface area contributed by atoms with Gasteiger partial charge in [0.15, 0.2) is 0 Å². The van der Waals surface area contributed by atoms with Gasteiger partial charge in [-0.15, -0.1) is 0 Å². The molecule has 90 valence electrons. The predicted octanol–water partition coefficient (Wildman–Crippen LogP) is 4.13. The summed E-state index contributed by atoms with van der Waals surface area (Å²) in [5.74, 6) is 0. The van der Waals surface area contributed by atoms with Crippen LogP contribution in [0.1, 0.15) is 72.1 Å². The molecule has 1 saturated carbocycles. The lowest BCUT2D eigenvalue weighted by Gasteiger charge is -2.21. The van der Waals surface area contributed by atoms with Gasteiger partial charge in [0.05, 0.1) is 0 Å². The molecule has 1 unspecified atom stereocenters. The minimum Gasteiger partial charge on any atom is -0.313 e. The van der Waals surface area contributed by atoms with E-state index in [1.165, 1.54) is 57.9 Å². The van der Waals surface area contributed by atoms with Crippen molar-refractivity contribution < 1.29 is 0 Å². The van der Waals surface area contributed by atoms with Crippen molar-refractivity contribution in [1.82, 2.24) is 5.32 Å². The predicted molar refractivity (Wildman–Crippen MR) is 68.2 cm³/mol. The van der Waals surface area contributed by atoms with Gasteiger partial charge < -0.3 is 5.32 Å². The Labute approximate surface area is 96.0 Å². The van der Waals surface area contributed by atoms with Crippen LogP contribution in [0, 0.1) is 5.41 Å². The van der Waals surface area contributed by atoms with Crippen LogP contribution < -0.4 is 5.32 Å². The van der Waals surface area contributed by atoms with Gasteiger partial charge in [0.1, 0.15) is 0 Å². The van der Waals surface area contributed by atoms with Gasteiger partial charge in [0.2, 0.25) is 0 Å². The van der Waals surface area contributed by atoms with E-state index in [1.54, 1.807) is 0 Å². The van der Waals surface area contributed by atoms with Crippen molar-refractivity contribution in [3.8, 4) is 0 Å². The van der Waals surface area contributed by atoms with Crippen LogP contribution in [-0.4, -0.2) is 12.6 Å². The smallest absolute Gasteiger partial charge is 0.00646 e. The summed E-state index contributed by atoms with van der Waals surface area (Å²) in [6.07, 6.45) is 11.1. The third-order valence-corrected chi connectivity index (χ3v) is 3.90. The zero-order chi connectivity index (χ0) is 11.1. The first kappa shape index (κ1) is 13.0. The highest BCUT2D eigenvalue weighted by Gasteiger charge is 2.41. The molecular formula is C14H29N. The van der Waals surface area contributed by atoms with E-state index in [0.717, 1.165) is 6.04 Å². The first-order valence-electron chi connectivity index (χ1n) is 6.99. The molecule has 1 nitrogen and oxygen atoms in total. The van der Waals surface area contributed by atoms with Gasteiger partial charge in [-0.05, 0) is 37.5 Å². The van der Waals surface area contributed by atoms with Gasteiger partial charge in [-0.25, -0.2) is 0 Å². The van der Waals surface area contributed by atoms with E-state index in [-0.39, 0.29) is 0 Å². The van der Waals surface area contributed by atoms with Crippen molar-refractivity contribution in [1.29, 1.82) is 0 Å². The fourth-order valence-electron chi connectivity index (χ4n) is 2.48. The molecule has 1 heteroatoms. The van der Waals surface area contributed by atoms with Gasteiger partial charge >= 0.3 is 0 Å². The van der Waals surface area contributed by atoms with Crippen LogP contribution >= 0.6 is 0 Å². The fraction of sp³-hybridized carbons (Fsp3) is 1.00. The van der Waals surface area contributed by atoms with Crippen LogP contribution in [0.15, 0.2) is 0 Å². The van der Waals surface area contributed by atoms with E-state index >= 15 is 0 Å². The molecule has 1 aliphatic carbocycles. The maximum absolute atomic E-state index is 3.79. The lowest BCUT2D eigenvalue weighted by molar-refractivity contribution is 0.365. The summed E-state index contributed by atoms with van der Waals surface area (Å²) in [6.45, 7) is 8.19. The van der Waals surface area contributed by atoms with E-state index in [1.807, 2.05) is 0 Å². The number of unbranched alkanes of at least 4 members (excludes halogenated alkanes) is 1. The fourth-order valence-corrected chi connectivity index (χ4v) is 2.48. The number of nitrogens with one attached hydrogen (secondary N) is 1. The Morgan fingerprint density at radius 1 is 1.13 bits per heavy atom. The Hall–Kier alpha value is -0.0400. The average molecular weight is 211 g/mol. The maximum atomic E-state index is 3.79. The molecule has 0 aromatic heterocycles. The molecule has 0 bridgehead atoms. The van der Waals surface area contributed by atoms with Crippen LogP contribution in [-0.2, 0) is 0 Å². The summed E-state index contributed by atoms with van der Waals surface area (Å²) >= 11 is 0. The van der Waals surface area contributed by atoms with E-state index in [4.69, 9.17) is 0 Å². The van der Waals surface area contributed by atoms with Gasteiger partial charge in [0.25, 0.3) is 0 Å². The number of hydrogen-bond acceptors (Lipinski definition) is 1. The minimum absolute atomic E-state index is 0.717. The van der Waals surface area contributed by atoms with E-state index < -0.39 is 0 Å². The quantitative estimate of drug-likeness (QED) is 0.605. The summed E-state index contributed by atoms with van der Waals surface area (Å²) in [5, 5.41) is 3.79. The second-order valence-electron chi connectivity index (χ2n) is 5.38. The molecule has 0 aliphatic heterocycles. The summed E-state index contributed by atoms with van der Waals surface area (Å²) < 4.78 is 0. The summed E-state index contributed by atoms with van der Waals surface area (Å²) in [7, 11) is 0. The lowest BCUT2D eigenvalue weighted by Crippen LogP contribution is -2.33. The molecule has 0 heterocycles. The third kappa shape index (κ3) is 4.55. The van der Waals surface area contributed by atoms with Crippen molar-refractivity contribution in [2.24, 2.45) is 5.41 Å². The van der Waals surface area contributed by atoms with E-state index in [2.05, 4.69) is 26.1 Å². The monoisotopic (exact) mass is 211 g/mol. The molecule has 0 radical (unpaired) electrons. The molecule has 15 heavy (non-hydrogen) atoms. The van der Waals surface area contributed by atoms with Crippen LogP contribution in [0.2, 0.25) is 0 Å². The molecule has 1 fully saturated rings. The van der Waals surface area contributed by atoms with Gasteiger partial charge in [-0.2, -0.15) is 0 Å². The first-order chi connectivity index (χ1) is 7.26. The Morgan fingerprint density at radius 2 is 1.87 bits per heavy atom. The Kier molecular flexibility index (Phi) is 5.66. The SMILES string of the molecule is CCCCC(CC)NCC1(CCC)CC1. The van der Waals surface area contributed by atoms with Crippen molar-refractivity contribution in [2.45, 2.75) is 78.2 Å². The summed E-state index contributed by atoms with van der Waals surface area (Å²) in [5.41, 5.74) is 0.717. The van der Waals surface area contributed by atoms with Crippen LogP contribution in [0.3, 0.4) is 0 Å². The standard InChI is InChI=1S/C14H29N/c1-4-7-8-13(6-3)15-12-14(9-5-2)10-11-14/h13,15H,4-12H2,1-3H3. The van der Waals surface area contributed by atoms with Crippen molar-refractivity contribution in [3.63, 3.8) is 0 Å².